The summed E-state index contributed by atoms with van der Waals surface area (Å²) in [4.78, 5) is 18.1. The summed E-state index contributed by atoms with van der Waals surface area (Å²) in [6.07, 6.45) is 6.85. The van der Waals surface area contributed by atoms with Gasteiger partial charge in [-0.05, 0) is 38.8 Å². The van der Waals surface area contributed by atoms with Crippen molar-refractivity contribution in [3.05, 3.63) is 16.1 Å². The minimum absolute atomic E-state index is 0.143. The molecule has 4 nitrogen and oxygen atoms in total. The normalized spacial score (nSPS) is 22.4. The molecule has 5 heteroatoms. The van der Waals surface area contributed by atoms with Crippen LogP contribution in [0.25, 0.3) is 0 Å². The zero-order valence-corrected chi connectivity index (χ0v) is 12.6. The number of carbonyl (C=O) groups is 1. The number of thiazole rings is 1. The molecule has 2 heterocycles. The Hall–Kier alpha value is -0.940. The van der Waals surface area contributed by atoms with E-state index in [9.17, 15) is 4.79 Å². The Morgan fingerprint density at radius 3 is 2.65 bits per heavy atom. The van der Waals surface area contributed by atoms with E-state index in [1.54, 1.807) is 0 Å². The molecular weight excluding hydrogens is 272 g/mol. The molecule has 0 amide bonds. The van der Waals surface area contributed by atoms with E-state index < -0.39 is 5.97 Å². The molecule has 1 N–H and O–H groups in total. The molecule has 1 aliphatic heterocycles. The summed E-state index contributed by atoms with van der Waals surface area (Å²) in [6, 6.07) is 0. The largest absolute Gasteiger partial charge is 0.481 e. The molecule has 0 unspecified atom stereocenters. The van der Waals surface area contributed by atoms with E-state index in [0.717, 1.165) is 32.5 Å². The predicted molar refractivity (Wildman–Crippen MR) is 79.0 cm³/mol. The zero-order valence-electron chi connectivity index (χ0n) is 11.8. The van der Waals surface area contributed by atoms with Crippen LogP contribution in [-0.4, -0.2) is 34.0 Å². The van der Waals surface area contributed by atoms with Crippen molar-refractivity contribution in [2.24, 2.45) is 5.92 Å². The molecule has 0 atom stereocenters. The van der Waals surface area contributed by atoms with Gasteiger partial charge in [-0.2, -0.15) is 0 Å². The summed E-state index contributed by atoms with van der Waals surface area (Å²) in [5.41, 5.74) is 1.17. The van der Waals surface area contributed by atoms with E-state index in [0.29, 0.717) is 5.92 Å². The van der Waals surface area contributed by atoms with Crippen molar-refractivity contribution in [3.8, 4) is 0 Å². The first kappa shape index (κ1) is 14.0. The Balaban J connectivity index is 1.52. The number of rotatable bonds is 4. The van der Waals surface area contributed by atoms with Gasteiger partial charge < -0.3 is 5.11 Å². The number of nitrogens with zero attached hydrogens (tertiary/aromatic N) is 2. The predicted octanol–water partition coefficient (Wildman–Crippen LogP) is 3.10. The van der Waals surface area contributed by atoms with Gasteiger partial charge >= 0.3 is 5.97 Å². The third-order valence-electron chi connectivity index (χ3n) is 4.60. The maximum atomic E-state index is 10.9. The van der Waals surface area contributed by atoms with Gasteiger partial charge in [-0.15, -0.1) is 11.3 Å². The highest BCUT2D eigenvalue weighted by Crippen LogP contribution is 2.35. The lowest BCUT2D eigenvalue weighted by Gasteiger charge is -2.29. The molecule has 1 aromatic rings. The lowest BCUT2D eigenvalue weighted by Crippen LogP contribution is -2.35. The molecule has 1 saturated heterocycles. The van der Waals surface area contributed by atoms with Gasteiger partial charge in [-0.3, -0.25) is 9.69 Å². The monoisotopic (exact) mass is 294 g/mol. The van der Waals surface area contributed by atoms with Gasteiger partial charge in [0.1, 0.15) is 0 Å². The highest BCUT2D eigenvalue weighted by atomic mass is 32.1. The van der Waals surface area contributed by atoms with Crippen molar-refractivity contribution in [2.75, 3.05) is 13.1 Å². The third-order valence-corrected chi connectivity index (χ3v) is 5.65. The quantitative estimate of drug-likeness (QED) is 0.927. The van der Waals surface area contributed by atoms with E-state index in [-0.39, 0.29) is 5.92 Å². The average Bonchev–Trinajstić information content (AvgIpc) is 3.09. The Labute approximate surface area is 123 Å². The third kappa shape index (κ3) is 3.20. The van der Waals surface area contributed by atoms with Gasteiger partial charge in [-0.25, -0.2) is 4.98 Å². The smallest absolute Gasteiger partial charge is 0.306 e. The molecular formula is C15H22N2O2S. The summed E-state index contributed by atoms with van der Waals surface area (Å²) in [5.74, 6) is -0.0796. The molecule has 1 aliphatic carbocycles. The number of piperidine rings is 1. The number of carboxylic acids is 1. The Morgan fingerprint density at radius 2 is 2.00 bits per heavy atom. The van der Waals surface area contributed by atoms with Crippen molar-refractivity contribution in [2.45, 2.75) is 51.0 Å². The SMILES string of the molecule is O=C(O)C1CCN(Cc2csc(C3CCCC3)n2)CC1. The first-order valence-corrected chi connectivity index (χ1v) is 8.50. The first-order chi connectivity index (χ1) is 9.72. The van der Waals surface area contributed by atoms with E-state index in [2.05, 4.69) is 10.3 Å². The van der Waals surface area contributed by atoms with Gasteiger partial charge in [-0.1, -0.05) is 12.8 Å². The van der Waals surface area contributed by atoms with Crippen molar-refractivity contribution in [3.63, 3.8) is 0 Å². The van der Waals surface area contributed by atoms with Crippen molar-refractivity contribution in [1.29, 1.82) is 0 Å². The summed E-state index contributed by atoms with van der Waals surface area (Å²) in [7, 11) is 0. The average molecular weight is 294 g/mol. The summed E-state index contributed by atoms with van der Waals surface area (Å²) in [6.45, 7) is 2.65. The summed E-state index contributed by atoms with van der Waals surface area (Å²) < 4.78 is 0. The van der Waals surface area contributed by atoms with Crippen LogP contribution in [-0.2, 0) is 11.3 Å². The van der Waals surface area contributed by atoms with Crippen molar-refractivity contribution in [1.82, 2.24) is 9.88 Å². The van der Waals surface area contributed by atoms with Crippen LogP contribution in [0.3, 0.4) is 0 Å². The molecule has 0 bridgehead atoms. The van der Waals surface area contributed by atoms with Crippen LogP contribution in [0.15, 0.2) is 5.38 Å². The van der Waals surface area contributed by atoms with E-state index in [1.807, 2.05) is 11.3 Å². The summed E-state index contributed by atoms with van der Waals surface area (Å²) in [5, 5.41) is 12.5. The van der Waals surface area contributed by atoms with Crippen LogP contribution in [0, 0.1) is 5.92 Å². The number of aromatic nitrogens is 1. The molecule has 1 aromatic heterocycles. The topological polar surface area (TPSA) is 53.4 Å². The first-order valence-electron chi connectivity index (χ1n) is 7.62. The fourth-order valence-corrected chi connectivity index (χ4v) is 4.30. The Bertz CT molecular complexity index is 460. The number of carboxylic acid groups (broad SMARTS) is 1. The Morgan fingerprint density at radius 1 is 1.30 bits per heavy atom. The van der Waals surface area contributed by atoms with Crippen LogP contribution >= 0.6 is 11.3 Å². The van der Waals surface area contributed by atoms with Crippen molar-refractivity contribution >= 4 is 17.3 Å². The number of hydrogen-bond acceptors (Lipinski definition) is 4. The van der Waals surface area contributed by atoms with Gasteiger partial charge in [0.05, 0.1) is 16.6 Å². The molecule has 1 saturated carbocycles. The number of hydrogen-bond donors (Lipinski definition) is 1. The highest BCUT2D eigenvalue weighted by molar-refractivity contribution is 7.09. The minimum Gasteiger partial charge on any atom is -0.481 e. The zero-order chi connectivity index (χ0) is 13.9. The van der Waals surface area contributed by atoms with Crippen LogP contribution in [0.1, 0.15) is 55.1 Å². The van der Waals surface area contributed by atoms with Crippen LogP contribution in [0.4, 0.5) is 0 Å². The van der Waals surface area contributed by atoms with Crippen LogP contribution in [0.5, 0.6) is 0 Å². The van der Waals surface area contributed by atoms with E-state index in [1.165, 1.54) is 36.4 Å². The fourth-order valence-electron chi connectivity index (χ4n) is 3.32. The second kappa shape index (κ2) is 6.22. The van der Waals surface area contributed by atoms with Gasteiger partial charge in [0.25, 0.3) is 0 Å². The summed E-state index contributed by atoms with van der Waals surface area (Å²) >= 11 is 1.81. The number of aliphatic carboxylic acids is 1. The molecule has 3 rings (SSSR count). The van der Waals surface area contributed by atoms with E-state index in [4.69, 9.17) is 10.1 Å². The molecule has 0 aromatic carbocycles. The van der Waals surface area contributed by atoms with Crippen LogP contribution < -0.4 is 0 Å². The minimum atomic E-state index is -0.637. The van der Waals surface area contributed by atoms with Crippen molar-refractivity contribution < 1.29 is 9.90 Å². The fraction of sp³-hybridized carbons (Fsp3) is 0.733. The second-order valence-corrected chi connectivity index (χ2v) is 6.94. The van der Waals surface area contributed by atoms with E-state index >= 15 is 0 Å². The van der Waals surface area contributed by atoms with Gasteiger partial charge in [0, 0.05) is 17.8 Å². The lowest BCUT2D eigenvalue weighted by atomic mass is 9.97. The van der Waals surface area contributed by atoms with Crippen LogP contribution in [0.2, 0.25) is 0 Å². The molecule has 110 valence electrons. The Kier molecular flexibility index (Phi) is 4.36. The molecule has 0 spiro atoms. The standard InChI is InChI=1S/C15H22N2O2S/c18-15(19)12-5-7-17(8-6-12)9-13-10-20-14(16-13)11-3-1-2-4-11/h10-12H,1-9H2,(H,18,19). The molecule has 2 fully saturated rings. The number of likely N-dealkylation sites (tertiary alicyclic amines) is 1. The molecule has 20 heavy (non-hydrogen) atoms. The maximum Gasteiger partial charge on any atom is 0.306 e. The highest BCUT2D eigenvalue weighted by Gasteiger charge is 2.25. The molecule has 0 radical (unpaired) electrons. The van der Waals surface area contributed by atoms with Gasteiger partial charge in [0.15, 0.2) is 0 Å². The second-order valence-electron chi connectivity index (χ2n) is 6.05. The van der Waals surface area contributed by atoms with Gasteiger partial charge in [0.2, 0.25) is 0 Å². The maximum absolute atomic E-state index is 10.9. The molecule has 2 aliphatic rings. The lowest BCUT2D eigenvalue weighted by molar-refractivity contribution is -0.143.